The molecule has 1 saturated heterocycles. The van der Waals surface area contributed by atoms with E-state index in [9.17, 15) is 4.79 Å². The highest BCUT2D eigenvalue weighted by atomic mass is 16.5. The quantitative estimate of drug-likeness (QED) is 0.628. The molecule has 0 saturated carbocycles. The molecule has 0 aromatic heterocycles. The molecule has 0 N–H and O–H groups in total. The lowest BCUT2D eigenvalue weighted by Gasteiger charge is -2.47. The number of ether oxygens (including phenoxy) is 2. The van der Waals surface area contributed by atoms with Crippen molar-refractivity contribution in [2.24, 2.45) is 0 Å². The SMILES string of the molecule is COc1ccc(N2C(=O)[C@@H](Oc3ccccc3)[C@H]2c2ccccc2C)cc1. The summed E-state index contributed by atoms with van der Waals surface area (Å²) in [6, 6.07) is 25.0. The molecule has 0 bridgehead atoms. The maximum absolute atomic E-state index is 13.0. The predicted molar refractivity (Wildman–Crippen MR) is 105 cm³/mol. The number of benzene rings is 3. The minimum absolute atomic E-state index is 0.0442. The van der Waals surface area contributed by atoms with Crippen LogP contribution in [0.1, 0.15) is 17.2 Å². The summed E-state index contributed by atoms with van der Waals surface area (Å²) in [4.78, 5) is 14.8. The van der Waals surface area contributed by atoms with Crippen LogP contribution in [0.3, 0.4) is 0 Å². The van der Waals surface area contributed by atoms with Gasteiger partial charge in [-0.1, -0.05) is 42.5 Å². The Morgan fingerprint density at radius 1 is 0.815 bits per heavy atom. The van der Waals surface area contributed by atoms with E-state index in [0.29, 0.717) is 5.75 Å². The van der Waals surface area contributed by atoms with E-state index in [2.05, 4.69) is 19.1 Å². The third-order valence-electron chi connectivity index (χ3n) is 4.91. The Labute approximate surface area is 159 Å². The number of amides is 1. The third kappa shape index (κ3) is 3.14. The number of carbonyl (C=O) groups excluding carboxylic acids is 1. The lowest BCUT2D eigenvalue weighted by Crippen LogP contribution is -2.61. The molecule has 27 heavy (non-hydrogen) atoms. The van der Waals surface area contributed by atoms with Crippen LogP contribution >= 0.6 is 0 Å². The molecule has 1 aliphatic heterocycles. The Morgan fingerprint density at radius 3 is 2.15 bits per heavy atom. The van der Waals surface area contributed by atoms with Gasteiger partial charge in [0.15, 0.2) is 0 Å². The fraction of sp³-hybridized carbons (Fsp3) is 0.174. The lowest BCUT2D eigenvalue weighted by molar-refractivity contribution is -0.135. The van der Waals surface area contributed by atoms with E-state index in [-0.39, 0.29) is 11.9 Å². The van der Waals surface area contributed by atoms with Crippen LogP contribution in [-0.2, 0) is 4.79 Å². The van der Waals surface area contributed by atoms with Gasteiger partial charge in [0.25, 0.3) is 5.91 Å². The van der Waals surface area contributed by atoms with Crippen molar-refractivity contribution in [1.29, 1.82) is 0 Å². The van der Waals surface area contributed by atoms with Crippen molar-refractivity contribution >= 4 is 11.6 Å². The van der Waals surface area contributed by atoms with Gasteiger partial charge in [0, 0.05) is 5.69 Å². The first-order chi connectivity index (χ1) is 13.2. The number of methoxy groups -OCH3 is 1. The Balaban J connectivity index is 1.70. The molecule has 0 unspecified atom stereocenters. The summed E-state index contributed by atoms with van der Waals surface area (Å²) in [5, 5.41) is 0. The molecule has 3 aromatic rings. The van der Waals surface area contributed by atoms with E-state index in [0.717, 1.165) is 22.6 Å². The monoisotopic (exact) mass is 359 g/mol. The van der Waals surface area contributed by atoms with Gasteiger partial charge < -0.3 is 9.47 Å². The maximum Gasteiger partial charge on any atom is 0.271 e. The summed E-state index contributed by atoms with van der Waals surface area (Å²) >= 11 is 0. The average molecular weight is 359 g/mol. The van der Waals surface area contributed by atoms with E-state index in [1.165, 1.54) is 0 Å². The molecule has 0 spiro atoms. The molecule has 2 atom stereocenters. The number of β-lactam (4-membered cyclic amide) rings is 1. The van der Waals surface area contributed by atoms with E-state index < -0.39 is 6.10 Å². The van der Waals surface area contributed by atoms with Gasteiger partial charge in [-0.25, -0.2) is 0 Å². The minimum Gasteiger partial charge on any atom is -0.497 e. The Morgan fingerprint density at radius 2 is 1.48 bits per heavy atom. The average Bonchev–Trinajstić information content (AvgIpc) is 2.72. The molecule has 1 heterocycles. The minimum atomic E-state index is -0.546. The highest BCUT2D eigenvalue weighted by Gasteiger charge is 2.51. The van der Waals surface area contributed by atoms with Crippen LogP contribution in [0.2, 0.25) is 0 Å². The van der Waals surface area contributed by atoms with Gasteiger partial charge in [0.05, 0.1) is 7.11 Å². The smallest absolute Gasteiger partial charge is 0.271 e. The molecule has 4 rings (SSSR count). The number of carbonyl (C=O) groups is 1. The van der Waals surface area contributed by atoms with Gasteiger partial charge in [0.2, 0.25) is 6.10 Å². The van der Waals surface area contributed by atoms with Crippen LogP contribution in [0.4, 0.5) is 5.69 Å². The van der Waals surface area contributed by atoms with Crippen LogP contribution in [-0.4, -0.2) is 19.1 Å². The van der Waals surface area contributed by atoms with Crippen molar-refractivity contribution in [3.63, 3.8) is 0 Å². The maximum atomic E-state index is 13.0. The summed E-state index contributed by atoms with van der Waals surface area (Å²) in [7, 11) is 1.63. The first-order valence-electron chi connectivity index (χ1n) is 8.93. The molecule has 0 aliphatic carbocycles. The third-order valence-corrected chi connectivity index (χ3v) is 4.91. The van der Waals surface area contributed by atoms with Crippen molar-refractivity contribution in [1.82, 2.24) is 0 Å². The molecule has 0 radical (unpaired) electrons. The number of para-hydroxylation sites is 1. The molecule has 1 amide bonds. The Hall–Kier alpha value is -3.27. The molecule has 4 nitrogen and oxygen atoms in total. The zero-order valence-electron chi connectivity index (χ0n) is 15.3. The fourth-order valence-corrected chi connectivity index (χ4v) is 3.47. The van der Waals surface area contributed by atoms with Crippen molar-refractivity contribution in [2.45, 2.75) is 19.1 Å². The second kappa shape index (κ2) is 7.16. The van der Waals surface area contributed by atoms with Gasteiger partial charge in [-0.2, -0.15) is 0 Å². The second-order valence-corrected chi connectivity index (χ2v) is 6.56. The predicted octanol–water partition coefficient (Wildman–Crippen LogP) is 4.54. The van der Waals surface area contributed by atoms with Crippen molar-refractivity contribution < 1.29 is 14.3 Å². The molecule has 136 valence electrons. The van der Waals surface area contributed by atoms with Gasteiger partial charge in [-0.15, -0.1) is 0 Å². The first kappa shape index (κ1) is 17.2. The largest absolute Gasteiger partial charge is 0.497 e. The van der Waals surface area contributed by atoms with Crippen LogP contribution in [0.15, 0.2) is 78.9 Å². The van der Waals surface area contributed by atoms with Gasteiger partial charge in [-0.05, 0) is 54.4 Å². The number of aryl methyl sites for hydroxylation is 1. The number of rotatable bonds is 5. The van der Waals surface area contributed by atoms with E-state index in [1.807, 2.05) is 66.7 Å². The fourth-order valence-electron chi connectivity index (χ4n) is 3.47. The van der Waals surface area contributed by atoms with E-state index in [1.54, 1.807) is 12.0 Å². The molecular formula is C23H21NO3. The van der Waals surface area contributed by atoms with Gasteiger partial charge in [-0.3, -0.25) is 9.69 Å². The van der Waals surface area contributed by atoms with Crippen LogP contribution in [0, 0.1) is 6.92 Å². The summed E-state index contributed by atoms with van der Waals surface area (Å²) in [5.41, 5.74) is 3.06. The molecule has 3 aromatic carbocycles. The lowest BCUT2D eigenvalue weighted by atomic mass is 9.87. The summed E-state index contributed by atoms with van der Waals surface area (Å²) in [6.45, 7) is 2.06. The van der Waals surface area contributed by atoms with Crippen molar-refractivity contribution in [3.05, 3.63) is 90.0 Å². The van der Waals surface area contributed by atoms with Crippen molar-refractivity contribution in [3.8, 4) is 11.5 Å². The summed E-state index contributed by atoms with van der Waals surface area (Å²) in [6.07, 6.45) is -0.546. The zero-order valence-corrected chi connectivity index (χ0v) is 15.3. The standard InChI is InChI=1S/C23H21NO3/c1-16-8-6-7-11-20(16)21-22(27-19-9-4-3-5-10-19)23(25)24(21)17-12-14-18(26-2)15-13-17/h3-15,21-22H,1-2H3/t21-,22+/m1/s1. The number of hydrogen-bond donors (Lipinski definition) is 0. The Kier molecular flexibility index (Phi) is 4.55. The van der Waals surface area contributed by atoms with Crippen LogP contribution < -0.4 is 14.4 Å². The highest BCUT2D eigenvalue weighted by molar-refractivity contribution is 6.05. The Bertz CT molecular complexity index is 937. The van der Waals surface area contributed by atoms with Crippen LogP contribution in [0.25, 0.3) is 0 Å². The topological polar surface area (TPSA) is 38.8 Å². The number of anilines is 1. The highest BCUT2D eigenvalue weighted by Crippen LogP contribution is 2.42. The molecule has 1 fully saturated rings. The molecule has 4 heteroatoms. The normalized spacial score (nSPS) is 18.7. The van der Waals surface area contributed by atoms with Crippen LogP contribution in [0.5, 0.6) is 11.5 Å². The summed E-state index contributed by atoms with van der Waals surface area (Å²) < 4.78 is 11.3. The van der Waals surface area contributed by atoms with Gasteiger partial charge in [0.1, 0.15) is 17.5 Å². The van der Waals surface area contributed by atoms with Gasteiger partial charge >= 0.3 is 0 Å². The van der Waals surface area contributed by atoms with E-state index >= 15 is 0 Å². The van der Waals surface area contributed by atoms with Crippen molar-refractivity contribution in [2.75, 3.05) is 12.0 Å². The molecular weight excluding hydrogens is 338 g/mol. The molecule has 1 aliphatic rings. The zero-order chi connectivity index (χ0) is 18.8. The number of hydrogen-bond acceptors (Lipinski definition) is 3. The number of nitrogens with zero attached hydrogens (tertiary/aromatic N) is 1. The second-order valence-electron chi connectivity index (χ2n) is 6.56. The summed E-state index contributed by atoms with van der Waals surface area (Å²) in [5.74, 6) is 1.41. The van der Waals surface area contributed by atoms with E-state index in [4.69, 9.17) is 9.47 Å². The first-order valence-corrected chi connectivity index (χ1v) is 8.93.